The number of hydrogen-bond acceptors (Lipinski definition) is 0. The summed E-state index contributed by atoms with van der Waals surface area (Å²) in [5, 5.41) is 9.91. The minimum absolute atomic E-state index is 1.08. The SMILES string of the molecule is CCCCc1ccc(-n2c3ccccc3c3cc(-c4ccc5c(c4)c4ccc(-c6cccc(-c7ccc8c(c7)c7cc(-c9ccc%10c(c9)c9ccccc9n%10-c9ccccc9)ccc7n8-c7ccc(-c8ccccc8)cc7)c6)cc4n5-c4ccc(CCCC)cc4)ccc32)cc1. The standard InChI is InChI=1S/C92H70N4/c1-3-5-18-61-30-42-74(43-31-61)94-86-29-16-14-27-78(86)81-55-68(39-50-88(81)94)70-40-51-89-82(57-70)79-48-36-72(60-92(79)96(89)75-44-32-62(33-45-75)19-6-4-2)66-23-17-22-65(54-66)67-37-52-90-83(58-67)84-59-71(41-53-91(84)95(90)76-46-34-64(35-47-76)63-20-9-7-10-21-63)69-38-49-87-80(56-69)77-26-13-15-28-85(77)93(87)73-24-11-8-12-25-73/h7-17,20-60H,3-6,18-19H2,1-2H3. The monoisotopic (exact) mass is 1230 g/mol. The first kappa shape index (κ1) is 57.0. The topological polar surface area (TPSA) is 19.7 Å². The maximum atomic E-state index is 2.49. The third kappa shape index (κ3) is 9.74. The van der Waals surface area contributed by atoms with Gasteiger partial charge in [-0.25, -0.2) is 0 Å². The van der Waals surface area contributed by atoms with Crippen LogP contribution in [-0.4, -0.2) is 18.3 Å². The number of nitrogens with zero attached hydrogens (tertiary/aromatic N) is 4. The number of fused-ring (bicyclic) bond motifs is 12. The molecule has 0 N–H and O–H groups in total. The Labute approximate surface area is 559 Å². The molecule has 0 aliphatic carbocycles. The van der Waals surface area contributed by atoms with E-state index in [0.717, 1.165) is 24.2 Å². The van der Waals surface area contributed by atoms with Crippen LogP contribution in [-0.2, 0) is 12.8 Å². The van der Waals surface area contributed by atoms with Gasteiger partial charge in [0.1, 0.15) is 0 Å². The van der Waals surface area contributed by atoms with E-state index >= 15 is 0 Å². The fraction of sp³-hybridized carbons (Fsp3) is 0.0870. The lowest BCUT2D eigenvalue weighted by Gasteiger charge is -2.11. The number of aromatic nitrogens is 4. The summed E-state index contributed by atoms with van der Waals surface area (Å²) in [7, 11) is 0. The third-order valence-corrected chi connectivity index (χ3v) is 20.3. The van der Waals surface area contributed by atoms with Gasteiger partial charge in [0.25, 0.3) is 0 Å². The molecule has 18 rings (SSSR count). The molecule has 4 heteroatoms. The highest BCUT2D eigenvalue weighted by Crippen LogP contribution is 2.43. The largest absolute Gasteiger partial charge is 0.309 e. The quantitative estimate of drug-likeness (QED) is 0.0975. The van der Waals surface area contributed by atoms with Crippen molar-refractivity contribution in [2.24, 2.45) is 0 Å². The molecule has 4 nitrogen and oxygen atoms in total. The molecule has 0 radical (unpaired) electrons. The zero-order chi connectivity index (χ0) is 63.8. The molecule has 458 valence electrons. The summed E-state index contributed by atoms with van der Waals surface area (Å²) in [5.41, 5.74) is 28.9. The van der Waals surface area contributed by atoms with Gasteiger partial charge in [-0.05, 0) is 226 Å². The van der Waals surface area contributed by atoms with Crippen LogP contribution in [0.4, 0.5) is 0 Å². The van der Waals surface area contributed by atoms with Crippen LogP contribution in [0.5, 0.6) is 0 Å². The van der Waals surface area contributed by atoms with E-state index in [1.165, 1.54) is 191 Å². The molecule has 0 aliphatic heterocycles. The van der Waals surface area contributed by atoms with Crippen molar-refractivity contribution < 1.29 is 0 Å². The summed E-state index contributed by atoms with van der Waals surface area (Å²) in [5.74, 6) is 0. The number of unbranched alkanes of at least 4 members (excludes halogenated alkanes) is 2. The molecule has 96 heavy (non-hydrogen) atoms. The van der Waals surface area contributed by atoms with Crippen LogP contribution in [0.15, 0.2) is 315 Å². The Morgan fingerprint density at radius 1 is 0.188 bits per heavy atom. The lowest BCUT2D eigenvalue weighted by atomic mass is 9.96. The Morgan fingerprint density at radius 3 is 0.896 bits per heavy atom. The van der Waals surface area contributed by atoms with E-state index in [2.05, 4.69) is 348 Å². The van der Waals surface area contributed by atoms with Crippen LogP contribution in [0.2, 0.25) is 0 Å². The molecule has 0 saturated heterocycles. The van der Waals surface area contributed by atoms with Gasteiger partial charge in [-0.3, -0.25) is 0 Å². The molecule has 4 aromatic heterocycles. The van der Waals surface area contributed by atoms with Gasteiger partial charge in [0.2, 0.25) is 0 Å². The fourth-order valence-electron chi connectivity index (χ4n) is 15.5. The van der Waals surface area contributed by atoms with Crippen LogP contribution >= 0.6 is 0 Å². The van der Waals surface area contributed by atoms with Gasteiger partial charge < -0.3 is 18.3 Å². The molecule has 14 aromatic carbocycles. The van der Waals surface area contributed by atoms with Crippen molar-refractivity contribution in [3.63, 3.8) is 0 Å². The van der Waals surface area contributed by atoms with Gasteiger partial charge in [-0.1, -0.05) is 209 Å². The lowest BCUT2D eigenvalue weighted by Crippen LogP contribution is -1.95. The minimum Gasteiger partial charge on any atom is -0.309 e. The molecule has 0 saturated carbocycles. The average Bonchev–Trinajstić information content (AvgIpc) is 1.62. The molecule has 4 heterocycles. The summed E-state index contributed by atoms with van der Waals surface area (Å²) in [6, 6.07) is 118. The van der Waals surface area contributed by atoms with Crippen LogP contribution < -0.4 is 0 Å². The molecule has 0 fully saturated rings. The average molecular weight is 1230 g/mol. The number of hydrogen-bond donors (Lipinski definition) is 0. The summed E-state index contributed by atoms with van der Waals surface area (Å²) in [6.07, 6.45) is 6.96. The molecule has 0 unspecified atom stereocenters. The second-order valence-electron chi connectivity index (χ2n) is 26.1. The number of aryl methyl sites for hydroxylation is 2. The van der Waals surface area contributed by atoms with Gasteiger partial charge in [0.05, 0.1) is 44.1 Å². The van der Waals surface area contributed by atoms with Crippen molar-refractivity contribution in [2.45, 2.75) is 52.4 Å². The van der Waals surface area contributed by atoms with Crippen molar-refractivity contribution in [1.82, 2.24) is 18.3 Å². The van der Waals surface area contributed by atoms with Crippen molar-refractivity contribution in [3.05, 3.63) is 327 Å². The lowest BCUT2D eigenvalue weighted by molar-refractivity contribution is 0.795. The highest BCUT2D eigenvalue weighted by molar-refractivity contribution is 6.15. The highest BCUT2D eigenvalue weighted by atomic mass is 15.0. The minimum atomic E-state index is 1.08. The van der Waals surface area contributed by atoms with Crippen LogP contribution in [0.25, 0.3) is 166 Å². The van der Waals surface area contributed by atoms with E-state index in [1.54, 1.807) is 0 Å². The maximum Gasteiger partial charge on any atom is 0.0547 e. The smallest absolute Gasteiger partial charge is 0.0547 e. The van der Waals surface area contributed by atoms with Gasteiger partial charge in [0, 0.05) is 65.8 Å². The van der Waals surface area contributed by atoms with Gasteiger partial charge in [-0.15, -0.1) is 0 Å². The third-order valence-electron chi connectivity index (χ3n) is 20.3. The van der Waals surface area contributed by atoms with Crippen LogP contribution in [0.1, 0.15) is 50.7 Å². The Hall–Kier alpha value is -11.7. The van der Waals surface area contributed by atoms with Crippen LogP contribution in [0, 0.1) is 0 Å². The highest BCUT2D eigenvalue weighted by Gasteiger charge is 2.21. The second-order valence-corrected chi connectivity index (χ2v) is 26.1. The first-order valence-corrected chi connectivity index (χ1v) is 34.2. The Bertz CT molecular complexity index is 6000. The summed E-state index contributed by atoms with van der Waals surface area (Å²) in [6.45, 7) is 4.53. The van der Waals surface area contributed by atoms with E-state index < -0.39 is 0 Å². The molecular weight excluding hydrogens is 1160 g/mol. The predicted molar refractivity (Wildman–Crippen MR) is 408 cm³/mol. The normalized spacial score (nSPS) is 11.9. The first-order valence-electron chi connectivity index (χ1n) is 34.2. The van der Waals surface area contributed by atoms with Crippen molar-refractivity contribution >= 4 is 87.2 Å². The Balaban J connectivity index is 0.745. The van der Waals surface area contributed by atoms with Gasteiger partial charge in [0.15, 0.2) is 0 Å². The summed E-state index contributed by atoms with van der Waals surface area (Å²) in [4.78, 5) is 0. The zero-order valence-corrected chi connectivity index (χ0v) is 54.1. The van der Waals surface area contributed by atoms with Gasteiger partial charge >= 0.3 is 0 Å². The molecule has 0 aliphatic rings. The number of para-hydroxylation sites is 3. The van der Waals surface area contributed by atoms with Crippen LogP contribution in [0.3, 0.4) is 0 Å². The van der Waals surface area contributed by atoms with E-state index in [9.17, 15) is 0 Å². The molecule has 0 spiro atoms. The number of rotatable bonds is 15. The Kier molecular flexibility index (Phi) is 14.1. The second kappa shape index (κ2) is 23.7. The van der Waals surface area contributed by atoms with Crippen molar-refractivity contribution in [3.8, 4) is 78.4 Å². The maximum absolute atomic E-state index is 2.49. The van der Waals surface area contributed by atoms with E-state index in [4.69, 9.17) is 0 Å². The molecule has 0 atom stereocenters. The number of benzene rings is 14. The van der Waals surface area contributed by atoms with Crippen molar-refractivity contribution in [2.75, 3.05) is 0 Å². The first-order chi connectivity index (χ1) is 47.5. The Morgan fingerprint density at radius 2 is 0.469 bits per heavy atom. The molecular formula is C92H70N4. The van der Waals surface area contributed by atoms with E-state index in [0.29, 0.717) is 0 Å². The fourth-order valence-corrected chi connectivity index (χ4v) is 15.5. The predicted octanol–water partition coefficient (Wildman–Crippen LogP) is 25.1. The summed E-state index contributed by atoms with van der Waals surface area (Å²) < 4.78 is 9.77. The van der Waals surface area contributed by atoms with E-state index in [-0.39, 0.29) is 0 Å². The molecule has 0 amide bonds. The molecule has 0 bridgehead atoms. The van der Waals surface area contributed by atoms with Crippen molar-refractivity contribution in [1.29, 1.82) is 0 Å². The molecule has 18 aromatic rings. The van der Waals surface area contributed by atoms with Gasteiger partial charge in [-0.2, -0.15) is 0 Å². The summed E-state index contributed by atoms with van der Waals surface area (Å²) >= 11 is 0. The zero-order valence-electron chi connectivity index (χ0n) is 54.1. The van der Waals surface area contributed by atoms with E-state index in [1.807, 2.05) is 0 Å².